The van der Waals surface area contributed by atoms with Crippen LogP contribution in [0, 0.1) is 16.3 Å². The van der Waals surface area contributed by atoms with Crippen LogP contribution in [-0.4, -0.2) is 16.5 Å². The zero-order chi connectivity index (χ0) is 13.8. The number of nitrogens with one attached hydrogen (secondary N) is 1. The van der Waals surface area contributed by atoms with E-state index < -0.39 is 0 Å². The van der Waals surface area contributed by atoms with Crippen molar-refractivity contribution in [1.82, 2.24) is 9.97 Å². The Bertz CT molecular complexity index is 587. The summed E-state index contributed by atoms with van der Waals surface area (Å²) in [6, 6.07) is 4.66. The molecule has 0 radical (unpaired) electrons. The van der Waals surface area contributed by atoms with Gasteiger partial charge in [-0.05, 0) is 53.6 Å². The van der Waals surface area contributed by atoms with Crippen LogP contribution in [0.1, 0.15) is 18.9 Å². The maximum atomic E-state index is 13.3. The SMILES string of the molecule is CCCNc1nc(-c2cc(F)ccc2C)ncc1I. The van der Waals surface area contributed by atoms with Gasteiger partial charge in [-0.1, -0.05) is 13.0 Å². The normalized spacial score (nSPS) is 10.5. The summed E-state index contributed by atoms with van der Waals surface area (Å²) < 4.78 is 14.3. The second-order valence-corrected chi connectivity index (χ2v) is 5.44. The fourth-order valence-corrected chi connectivity index (χ4v) is 2.15. The van der Waals surface area contributed by atoms with Crippen molar-refractivity contribution in [2.45, 2.75) is 20.3 Å². The van der Waals surface area contributed by atoms with E-state index in [-0.39, 0.29) is 5.82 Å². The summed E-state index contributed by atoms with van der Waals surface area (Å²) >= 11 is 2.19. The lowest BCUT2D eigenvalue weighted by atomic mass is 10.1. The summed E-state index contributed by atoms with van der Waals surface area (Å²) in [5.41, 5.74) is 1.69. The highest BCUT2D eigenvalue weighted by atomic mass is 127. The molecule has 0 aliphatic rings. The van der Waals surface area contributed by atoms with Crippen LogP contribution in [-0.2, 0) is 0 Å². The van der Waals surface area contributed by atoms with Crippen molar-refractivity contribution in [2.24, 2.45) is 0 Å². The van der Waals surface area contributed by atoms with E-state index >= 15 is 0 Å². The molecule has 0 aliphatic carbocycles. The molecule has 0 spiro atoms. The standard InChI is InChI=1S/C14H15FIN3/c1-3-6-17-14-12(16)8-18-13(19-14)11-7-10(15)5-4-9(11)2/h4-5,7-8H,3,6H2,1-2H3,(H,17,18,19). The monoisotopic (exact) mass is 371 g/mol. The number of nitrogens with zero attached hydrogens (tertiary/aromatic N) is 2. The van der Waals surface area contributed by atoms with Crippen molar-refractivity contribution in [3.63, 3.8) is 0 Å². The summed E-state index contributed by atoms with van der Waals surface area (Å²) in [7, 11) is 0. The van der Waals surface area contributed by atoms with Crippen molar-refractivity contribution in [1.29, 1.82) is 0 Å². The van der Waals surface area contributed by atoms with E-state index in [0.29, 0.717) is 5.82 Å². The van der Waals surface area contributed by atoms with Crippen LogP contribution in [0.5, 0.6) is 0 Å². The topological polar surface area (TPSA) is 37.8 Å². The molecule has 1 heterocycles. The van der Waals surface area contributed by atoms with E-state index in [1.165, 1.54) is 12.1 Å². The maximum Gasteiger partial charge on any atom is 0.161 e. The smallest absolute Gasteiger partial charge is 0.161 e. The van der Waals surface area contributed by atoms with Gasteiger partial charge < -0.3 is 5.32 Å². The van der Waals surface area contributed by atoms with Crippen LogP contribution in [0.2, 0.25) is 0 Å². The van der Waals surface area contributed by atoms with Gasteiger partial charge in [0.1, 0.15) is 11.6 Å². The van der Waals surface area contributed by atoms with Crippen molar-refractivity contribution >= 4 is 28.4 Å². The van der Waals surface area contributed by atoms with E-state index in [0.717, 1.165) is 33.5 Å². The largest absolute Gasteiger partial charge is 0.369 e. The first-order valence-corrected chi connectivity index (χ1v) is 7.22. The molecule has 0 bridgehead atoms. The Hall–Kier alpha value is -1.24. The summed E-state index contributed by atoms with van der Waals surface area (Å²) in [6.45, 7) is 4.88. The van der Waals surface area contributed by atoms with Crippen molar-refractivity contribution < 1.29 is 4.39 Å². The predicted molar refractivity (Wildman–Crippen MR) is 83.7 cm³/mol. The Balaban J connectivity index is 2.42. The molecule has 0 fully saturated rings. The minimum absolute atomic E-state index is 0.272. The molecule has 2 aromatic rings. The molecule has 0 atom stereocenters. The number of hydrogen-bond donors (Lipinski definition) is 1. The molecule has 5 heteroatoms. The molecule has 1 N–H and O–H groups in total. The first kappa shape index (κ1) is 14.2. The second-order valence-electron chi connectivity index (χ2n) is 4.28. The van der Waals surface area contributed by atoms with Crippen molar-refractivity contribution in [3.05, 3.63) is 39.3 Å². The van der Waals surface area contributed by atoms with Gasteiger partial charge in [0.25, 0.3) is 0 Å². The average Bonchev–Trinajstić information content (AvgIpc) is 2.41. The van der Waals surface area contributed by atoms with Gasteiger partial charge in [-0.2, -0.15) is 0 Å². The number of halogens is 2. The fraction of sp³-hybridized carbons (Fsp3) is 0.286. The zero-order valence-electron chi connectivity index (χ0n) is 10.9. The Morgan fingerprint density at radius 2 is 2.16 bits per heavy atom. The van der Waals surface area contributed by atoms with Gasteiger partial charge in [-0.3, -0.25) is 0 Å². The van der Waals surface area contributed by atoms with Crippen LogP contribution in [0.3, 0.4) is 0 Å². The van der Waals surface area contributed by atoms with Gasteiger partial charge in [0.2, 0.25) is 0 Å². The number of aromatic nitrogens is 2. The third-order valence-corrected chi connectivity index (χ3v) is 3.52. The lowest BCUT2D eigenvalue weighted by Gasteiger charge is -2.09. The van der Waals surface area contributed by atoms with Crippen LogP contribution in [0.4, 0.5) is 10.2 Å². The third-order valence-electron chi connectivity index (χ3n) is 2.73. The minimum Gasteiger partial charge on any atom is -0.369 e. The fourth-order valence-electron chi connectivity index (χ4n) is 1.70. The Morgan fingerprint density at radius 3 is 2.89 bits per heavy atom. The molecule has 1 aromatic heterocycles. The Kier molecular flexibility index (Phi) is 4.68. The first-order chi connectivity index (χ1) is 9.11. The number of rotatable bonds is 4. The van der Waals surface area contributed by atoms with Crippen LogP contribution in [0.25, 0.3) is 11.4 Å². The van der Waals surface area contributed by atoms with Gasteiger partial charge in [-0.15, -0.1) is 0 Å². The summed E-state index contributed by atoms with van der Waals surface area (Å²) in [5, 5.41) is 3.25. The summed E-state index contributed by atoms with van der Waals surface area (Å²) in [5.74, 6) is 1.08. The zero-order valence-corrected chi connectivity index (χ0v) is 13.0. The van der Waals surface area contributed by atoms with E-state index in [9.17, 15) is 4.39 Å². The minimum atomic E-state index is -0.272. The highest BCUT2D eigenvalue weighted by Crippen LogP contribution is 2.24. The summed E-state index contributed by atoms with van der Waals surface area (Å²) in [6.07, 6.45) is 2.78. The summed E-state index contributed by atoms with van der Waals surface area (Å²) in [4.78, 5) is 8.78. The number of anilines is 1. The molecule has 0 saturated carbocycles. The van der Waals surface area contributed by atoms with Gasteiger partial charge >= 0.3 is 0 Å². The molecule has 0 saturated heterocycles. The number of benzene rings is 1. The molecular weight excluding hydrogens is 356 g/mol. The highest BCUT2D eigenvalue weighted by Gasteiger charge is 2.09. The predicted octanol–water partition coefficient (Wildman–Crippen LogP) is 4.02. The Morgan fingerprint density at radius 1 is 1.37 bits per heavy atom. The lowest BCUT2D eigenvalue weighted by Crippen LogP contribution is -2.06. The van der Waals surface area contributed by atoms with Crippen LogP contribution >= 0.6 is 22.6 Å². The van der Waals surface area contributed by atoms with E-state index in [1.54, 1.807) is 12.3 Å². The van der Waals surface area contributed by atoms with E-state index in [4.69, 9.17) is 0 Å². The second kappa shape index (κ2) is 6.27. The third kappa shape index (κ3) is 3.40. The average molecular weight is 371 g/mol. The molecule has 3 nitrogen and oxygen atoms in total. The molecule has 0 amide bonds. The molecule has 19 heavy (non-hydrogen) atoms. The van der Waals surface area contributed by atoms with Crippen molar-refractivity contribution in [2.75, 3.05) is 11.9 Å². The molecule has 100 valence electrons. The van der Waals surface area contributed by atoms with Gasteiger partial charge in [-0.25, -0.2) is 14.4 Å². The number of hydrogen-bond acceptors (Lipinski definition) is 3. The van der Waals surface area contributed by atoms with Crippen LogP contribution in [0.15, 0.2) is 24.4 Å². The molecule has 0 unspecified atom stereocenters. The van der Waals surface area contributed by atoms with Crippen LogP contribution < -0.4 is 5.32 Å². The quantitative estimate of drug-likeness (QED) is 0.826. The van der Waals surface area contributed by atoms with E-state index in [1.807, 2.05) is 6.92 Å². The first-order valence-electron chi connectivity index (χ1n) is 6.14. The molecule has 2 rings (SSSR count). The van der Waals surface area contributed by atoms with Gasteiger partial charge in [0.15, 0.2) is 5.82 Å². The van der Waals surface area contributed by atoms with Gasteiger partial charge in [0, 0.05) is 18.3 Å². The molecule has 0 aliphatic heterocycles. The maximum absolute atomic E-state index is 13.3. The van der Waals surface area contributed by atoms with E-state index in [2.05, 4.69) is 44.8 Å². The number of aryl methyl sites for hydroxylation is 1. The van der Waals surface area contributed by atoms with Gasteiger partial charge in [0.05, 0.1) is 3.57 Å². The highest BCUT2D eigenvalue weighted by molar-refractivity contribution is 14.1. The lowest BCUT2D eigenvalue weighted by molar-refractivity contribution is 0.627. The molecule has 1 aromatic carbocycles. The Labute approximate surface area is 125 Å². The molecular formula is C14H15FIN3. The van der Waals surface area contributed by atoms with Crippen molar-refractivity contribution in [3.8, 4) is 11.4 Å².